The minimum atomic E-state index is -0.375. The maximum atomic E-state index is 13.0. The number of nitrogens with one attached hydrogen (secondary N) is 2. The number of benzene rings is 1. The summed E-state index contributed by atoms with van der Waals surface area (Å²) in [5, 5.41) is 6.65. The molecule has 1 aromatic rings. The molecule has 0 atom stereocenters. The van der Waals surface area contributed by atoms with Gasteiger partial charge in [-0.15, -0.1) is 24.8 Å². The largest absolute Gasteiger partial charge is 0.495 e. The number of piperidine rings is 2. The van der Waals surface area contributed by atoms with Crippen molar-refractivity contribution in [3.8, 4) is 5.75 Å². The Hall–Kier alpha value is -1.21. The van der Waals surface area contributed by atoms with Crippen molar-refractivity contribution in [2.24, 2.45) is 5.41 Å². The fourth-order valence-electron chi connectivity index (χ4n) is 4.11. The first-order chi connectivity index (χ1) is 12.7. The number of ether oxygens (including phenoxy) is 2. The van der Waals surface area contributed by atoms with E-state index in [1.807, 2.05) is 18.2 Å². The summed E-state index contributed by atoms with van der Waals surface area (Å²) in [6, 6.07) is 8.35. The van der Waals surface area contributed by atoms with Gasteiger partial charge >= 0.3 is 0 Å². The second-order valence-corrected chi connectivity index (χ2v) is 7.37. The van der Waals surface area contributed by atoms with Gasteiger partial charge in [-0.1, -0.05) is 12.1 Å². The van der Waals surface area contributed by atoms with Gasteiger partial charge in [-0.2, -0.15) is 0 Å². The van der Waals surface area contributed by atoms with Crippen LogP contribution in [-0.4, -0.2) is 59.0 Å². The standard InChI is InChI=1S/C20H31N3O3.2ClH/c1-25-15-20(9-11-21-12-10-20)19(24)22-16-7-13-23(14-8-16)17-5-3-4-6-18(17)26-2;;/h3-6,16,21H,7-15H2,1-2H3,(H,22,24);2*1H. The summed E-state index contributed by atoms with van der Waals surface area (Å²) in [4.78, 5) is 15.3. The zero-order valence-electron chi connectivity index (χ0n) is 16.7. The lowest BCUT2D eigenvalue weighted by atomic mass is 9.78. The molecule has 2 saturated heterocycles. The van der Waals surface area contributed by atoms with E-state index in [1.165, 1.54) is 0 Å². The van der Waals surface area contributed by atoms with Crippen LogP contribution in [0.25, 0.3) is 0 Å². The molecule has 0 aliphatic carbocycles. The smallest absolute Gasteiger partial charge is 0.228 e. The van der Waals surface area contributed by atoms with Crippen molar-refractivity contribution in [1.29, 1.82) is 0 Å². The molecule has 6 nitrogen and oxygen atoms in total. The van der Waals surface area contributed by atoms with Crippen molar-refractivity contribution in [3.63, 3.8) is 0 Å². The van der Waals surface area contributed by atoms with Crippen molar-refractivity contribution >= 4 is 36.4 Å². The number of methoxy groups -OCH3 is 2. The molecule has 0 bridgehead atoms. The lowest BCUT2D eigenvalue weighted by Gasteiger charge is -2.39. The normalized spacial score (nSPS) is 19.1. The molecule has 2 fully saturated rings. The molecule has 2 aliphatic heterocycles. The first-order valence-corrected chi connectivity index (χ1v) is 9.57. The minimum Gasteiger partial charge on any atom is -0.495 e. The second kappa shape index (κ2) is 11.7. The zero-order valence-corrected chi connectivity index (χ0v) is 18.4. The van der Waals surface area contributed by atoms with Crippen molar-refractivity contribution in [1.82, 2.24) is 10.6 Å². The lowest BCUT2D eigenvalue weighted by molar-refractivity contribution is -0.137. The van der Waals surface area contributed by atoms with Crippen LogP contribution in [0.1, 0.15) is 25.7 Å². The van der Waals surface area contributed by atoms with E-state index in [1.54, 1.807) is 14.2 Å². The van der Waals surface area contributed by atoms with E-state index in [0.717, 1.165) is 63.3 Å². The molecule has 8 heteroatoms. The van der Waals surface area contributed by atoms with Gasteiger partial charge in [0.2, 0.25) is 5.91 Å². The molecule has 3 rings (SSSR count). The SMILES string of the molecule is COCC1(C(=O)NC2CCN(c3ccccc3OC)CC2)CCNCC1.Cl.Cl. The molecule has 1 aromatic carbocycles. The van der Waals surface area contributed by atoms with Crippen LogP contribution in [-0.2, 0) is 9.53 Å². The van der Waals surface area contributed by atoms with Gasteiger partial charge in [-0.3, -0.25) is 4.79 Å². The quantitative estimate of drug-likeness (QED) is 0.721. The average molecular weight is 434 g/mol. The Bertz CT molecular complexity index is 599. The van der Waals surface area contributed by atoms with E-state index in [-0.39, 0.29) is 42.2 Å². The molecule has 160 valence electrons. The second-order valence-electron chi connectivity index (χ2n) is 7.37. The first-order valence-electron chi connectivity index (χ1n) is 9.57. The van der Waals surface area contributed by atoms with E-state index in [4.69, 9.17) is 9.47 Å². The van der Waals surface area contributed by atoms with Gasteiger partial charge in [-0.25, -0.2) is 0 Å². The van der Waals surface area contributed by atoms with E-state index in [0.29, 0.717) is 6.61 Å². The summed E-state index contributed by atoms with van der Waals surface area (Å²) in [5.74, 6) is 1.07. The first kappa shape index (κ1) is 24.8. The van der Waals surface area contributed by atoms with E-state index in [2.05, 4.69) is 21.6 Å². The summed E-state index contributed by atoms with van der Waals surface area (Å²) in [6.45, 7) is 4.10. The highest BCUT2D eigenvalue weighted by atomic mass is 35.5. The summed E-state index contributed by atoms with van der Waals surface area (Å²) >= 11 is 0. The van der Waals surface area contributed by atoms with Gasteiger partial charge < -0.3 is 25.0 Å². The van der Waals surface area contributed by atoms with Crippen LogP contribution in [0, 0.1) is 5.41 Å². The molecule has 2 aliphatic rings. The molecule has 1 amide bonds. The monoisotopic (exact) mass is 433 g/mol. The number of carbonyl (C=O) groups is 1. The van der Waals surface area contributed by atoms with Crippen molar-refractivity contribution in [2.75, 3.05) is 51.9 Å². The predicted molar refractivity (Wildman–Crippen MR) is 117 cm³/mol. The van der Waals surface area contributed by atoms with E-state index in [9.17, 15) is 4.79 Å². The summed E-state index contributed by atoms with van der Waals surface area (Å²) < 4.78 is 10.9. The number of amides is 1. The fraction of sp³-hybridized carbons (Fsp3) is 0.650. The van der Waals surface area contributed by atoms with E-state index < -0.39 is 0 Å². The molecule has 0 unspecified atom stereocenters. The maximum Gasteiger partial charge on any atom is 0.228 e. The molecule has 2 N–H and O–H groups in total. The van der Waals surface area contributed by atoms with E-state index >= 15 is 0 Å². The van der Waals surface area contributed by atoms with Crippen LogP contribution in [0.2, 0.25) is 0 Å². The zero-order chi connectivity index (χ0) is 18.4. The molecular formula is C20H33Cl2N3O3. The number of carbonyl (C=O) groups excluding carboxylic acids is 1. The van der Waals surface area contributed by atoms with Gasteiger partial charge in [0.25, 0.3) is 0 Å². The third kappa shape index (κ3) is 5.66. The maximum absolute atomic E-state index is 13.0. The third-order valence-corrected chi connectivity index (χ3v) is 5.72. The van der Waals surface area contributed by atoms with Gasteiger partial charge in [0.05, 0.1) is 24.8 Å². The number of halogens is 2. The molecule has 0 saturated carbocycles. The van der Waals surface area contributed by atoms with Gasteiger partial charge in [0.15, 0.2) is 0 Å². The molecule has 2 heterocycles. The van der Waals surface area contributed by atoms with Gasteiger partial charge in [0.1, 0.15) is 5.75 Å². The summed E-state index contributed by atoms with van der Waals surface area (Å²) in [6.07, 6.45) is 3.58. The Morgan fingerprint density at radius 3 is 2.43 bits per heavy atom. The highest BCUT2D eigenvalue weighted by Gasteiger charge is 2.40. The number of rotatable bonds is 6. The number of nitrogens with zero attached hydrogens (tertiary/aromatic N) is 1. The topological polar surface area (TPSA) is 62.8 Å². The van der Waals surface area contributed by atoms with Gasteiger partial charge in [-0.05, 0) is 50.9 Å². The van der Waals surface area contributed by atoms with Crippen molar-refractivity contribution in [2.45, 2.75) is 31.7 Å². The van der Waals surface area contributed by atoms with Crippen LogP contribution in [0.5, 0.6) is 5.75 Å². The number of hydrogen-bond donors (Lipinski definition) is 2. The lowest BCUT2D eigenvalue weighted by Crippen LogP contribution is -2.54. The molecule has 28 heavy (non-hydrogen) atoms. The number of hydrogen-bond acceptors (Lipinski definition) is 5. The highest BCUT2D eigenvalue weighted by molar-refractivity contribution is 5.85. The van der Waals surface area contributed by atoms with Crippen LogP contribution < -0.4 is 20.3 Å². The van der Waals surface area contributed by atoms with Crippen LogP contribution in [0.4, 0.5) is 5.69 Å². The summed E-state index contributed by atoms with van der Waals surface area (Å²) in [5.41, 5.74) is 0.758. The Balaban J connectivity index is 0.00000196. The Labute approximate surface area is 180 Å². The van der Waals surface area contributed by atoms with Gasteiger partial charge in [0, 0.05) is 26.2 Å². The molecule has 0 radical (unpaired) electrons. The fourth-order valence-corrected chi connectivity index (χ4v) is 4.11. The van der Waals surface area contributed by atoms with Crippen LogP contribution in [0.3, 0.4) is 0 Å². The average Bonchev–Trinajstić information content (AvgIpc) is 2.69. The summed E-state index contributed by atoms with van der Waals surface area (Å²) in [7, 11) is 3.39. The molecule has 0 spiro atoms. The minimum absolute atomic E-state index is 0. The Morgan fingerprint density at radius 2 is 1.82 bits per heavy atom. The molecular weight excluding hydrogens is 401 g/mol. The number of para-hydroxylation sites is 2. The third-order valence-electron chi connectivity index (χ3n) is 5.72. The Morgan fingerprint density at radius 1 is 1.18 bits per heavy atom. The van der Waals surface area contributed by atoms with Crippen LogP contribution >= 0.6 is 24.8 Å². The predicted octanol–water partition coefficient (Wildman–Crippen LogP) is 2.64. The van der Waals surface area contributed by atoms with Crippen LogP contribution in [0.15, 0.2) is 24.3 Å². The van der Waals surface area contributed by atoms with Crippen molar-refractivity contribution < 1.29 is 14.3 Å². The van der Waals surface area contributed by atoms with Crippen molar-refractivity contribution in [3.05, 3.63) is 24.3 Å². The molecule has 0 aromatic heterocycles. The highest BCUT2D eigenvalue weighted by Crippen LogP contribution is 2.32. The number of anilines is 1. The Kier molecular flexibility index (Phi) is 10.4.